The average molecular weight is 367 g/mol. The van der Waals surface area contributed by atoms with Crippen molar-refractivity contribution in [2.75, 3.05) is 13.2 Å². The summed E-state index contributed by atoms with van der Waals surface area (Å²) in [5.74, 6) is 1.82. The molecule has 0 aliphatic carbocycles. The van der Waals surface area contributed by atoms with Crippen molar-refractivity contribution in [3.8, 4) is 17.2 Å². The van der Waals surface area contributed by atoms with E-state index in [1.54, 1.807) is 28.9 Å². The van der Waals surface area contributed by atoms with Gasteiger partial charge in [-0.1, -0.05) is 0 Å². The highest BCUT2D eigenvalue weighted by Gasteiger charge is 2.11. The number of carbonyl (C=O) groups is 1. The Morgan fingerprint density at radius 2 is 1.56 bits per heavy atom. The third-order valence-electron chi connectivity index (χ3n) is 3.76. The number of aromatic nitrogens is 4. The minimum absolute atomic E-state index is 0.201. The normalized spacial score (nSPS) is 10.4. The van der Waals surface area contributed by atoms with Crippen molar-refractivity contribution in [2.45, 2.75) is 20.4 Å². The highest BCUT2D eigenvalue weighted by atomic mass is 16.5. The summed E-state index contributed by atoms with van der Waals surface area (Å²) in [7, 11) is 0. The average Bonchev–Trinajstić information content (AvgIpc) is 3.16. The van der Waals surface area contributed by atoms with Gasteiger partial charge in [0.2, 0.25) is 0 Å². The van der Waals surface area contributed by atoms with Crippen LogP contribution in [0, 0.1) is 0 Å². The maximum atomic E-state index is 12.3. The van der Waals surface area contributed by atoms with Crippen LogP contribution in [0.1, 0.15) is 30.0 Å². The predicted molar refractivity (Wildman–Crippen MR) is 99.1 cm³/mol. The Bertz CT molecular complexity index is 875. The van der Waals surface area contributed by atoms with Crippen LogP contribution in [-0.2, 0) is 6.54 Å². The summed E-state index contributed by atoms with van der Waals surface area (Å²) >= 11 is 0. The van der Waals surface area contributed by atoms with E-state index in [-0.39, 0.29) is 12.5 Å². The Hall–Kier alpha value is -3.42. The number of rotatable bonds is 8. The van der Waals surface area contributed by atoms with Crippen LogP contribution in [0.2, 0.25) is 0 Å². The number of benzene rings is 2. The fourth-order valence-corrected chi connectivity index (χ4v) is 2.50. The summed E-state index contributed by atoms with van der Waals surface area (Å²) in [5.41, 5.74) is 1.33. The summed E-state index contributed by atoms with van der Waals surface area (Å²) in [4.78, 5) is 12.3. The molecule has 140 valence electrons. The molecule has 8 nitrogen and oxygen atoms in total. The van der Waals surface area contributed by atoms with E-state index in [2.05, 4.69) is 20.8 Å². The molecule has 0 fully saturated rings. The van der Waals surface area contributed by atoms with Crippen LogP contribution >= 0.6 is 0 Å². The van der Waals surface area contributed by atoms with Crippen LogP contribution in [0.4, 0.5) is 0 Å². The Morgan fingerprint density at radius 3 is 2.15 bits per heavy atom. The third-order valence-corrected chi connectivity index (χ3v) is 3.76. The fourth-order valence-electron chi connectivity index (χ4n) is 2.50. The lowest BCUT2D eigenvalue weighted by atomic mass is 10.2. The summed E-state index contributed by atoms with van der Waals surface area (Å²) < 4.78 is 12.4. The molecule has 27 heavy (non-hydrogen) atoms. The molecule has 0 bridgehead atoms. The first-order valence-electron chi connectivity index (χ1n) is 8.72. The smallest absolute Gasteiger partial charge is 0.251 e. The number of hydrogen-bond acceptors (Lipinski definition) is 6. The second kappa shape index (κ2) is 8.79. The molecule has 3 rings (SSSR count). The van der Waals surface area contributed by atoms with Gasteiger partial charge in [0.05, 0.1) is 25.4 Å². The van der Waals surface area contributed by atoms with Gasteiger partial charge in [-0.05, 0) is 72.8 Å². The van der Waals surface area contributed by atoms with E-state index < -0.39 is 0 Å². The molecular formula is C19H21N5O3. The highest BCUT2D eigenvalue weighted by molar-refractivity contribution is 5.94. The summed E-state index contributed by atoms with van der Waals surface area (Å²) in [6.45, 7) is 5.23. The van der Waals surface area contributed by atoms with Gasteiger partial charge in [0.15, 0.2) is 5.82 Å². The van der Waals surface area contributed by atoms with Gasteiger partial charge in [-0.3, -0.25) is 4.79 Å². The van der Waals surface area contributed by atoms with Crippen molar-refractivity contribution in [1.82, 2.24) is 25.5 Å². The first kappa shape index (κ1) is 18.4. The number of nitrogens with one attached hydrogen (secondary N) is 1. The topological polar surface area (TPSA) is 91.2 Å². The van der Waals surface area contributed by atoms with E-state index in [0.29, 0.717) is 24.6 Å². The second-order valence-corrected chi connectivity index (χ2v) is 5.57. The summed E-state index contributed by atoms with van der Waals surface area (Å²) in [6, 6.07) is 14.4. The predicted octanol–water partition coefficient (Wildman–Crippen LogP) is 2.39. The Morgan fingerprint density at radius 1 is 0.963 bits per heavy atom. The van der Waals surface area contributed by atoms with Crippen LogP contribution in [0.15, 0.2) is 48.5 Å². The number of hydrogen-bond donors (Lipinski definition) is 1. The van der Waals surface area contributed by atoms with Gasteiger partial charge in [-0.2, -0.15) is 4.68 Å². The standard InChI is InChI=1S/C19H21N5O3/c1-3-26-16-9-5-14(6-10-16)19(25)20-13-18-21-22-23-24(18)15-7-11-17(12-8-15)27-4-2/h5-12H,3-4,13H2,1-2H3,(H,20,25). The number of carbonyl (C=O) groups excluding carboxylic acids is 1. The number of ether oxygens (including phenoxy) is 2. The molecule has 0 spiro atoms. The van der Waals surface area contributed by atoms with E-state index in [9.17, 15) is 4.79 Å². The SMILES string of the molecule is CCOc1ccc(C(=O)NCc2nnnn2-c2ccc(OCC)cc2)cc1. The van der Waals surface area contributed by atoms with Crippen molar-refractivity contribution in [3.63, 3.8) is 0 Å². The molecule has 0 radical (unpaired) electrons. The van der Waals surface area contributed by atoms with Gasteiger partial charge in [0.25, 0.3) is 5.91 Å². The van der Waals surface area contributed by atoms with Crippen molar-refractivity contribution in [1.29, 1.82) is 0 Å². The van der Waals surface area contributed by atoms with Crippen molar-refractivity contribution in [3.05, 3.63) is 59.9 Å². The van der Waals surface area contributed by atoms with Crippen LogP contribution in [0.5, 0.6) is 11.5 Å². The van der Waals surface area contributed by atoms with Gasteiger partial charge in [0.1, 0.15) is 11.5 Å². The summed E-state index contributed by atoms with van der Waals surface area (Å²) in [6.07, 6.45) is 0. The molecule has 8 heteroatoms. The van der Waals surface area contributed by atoms with Crippen LogP contribution < -0.4 is 14.8 Å². The lowest BCUT2D eigenvalue weighted by Crippen LogP contribution is -2.24. The zero-order valence-corrected chi connectivity index (χ0v) is 15.3. The van der Waals surface area contributed by atoms with Gasteiger partial charge < -0.3 is 14.8 Å². The van der Waals surface area contributed by atoms with E-state index in [1.807, 2.05) is 38.1 Å². The van der Waals surface area contributed by atoms with Crippen LogP contribution in [-0.4, -0.2) is 39.3 Å². The van der Waals surface area contributed by atoms with Gasteiger partial charge >= 0.3 is 0 Å². The largest absolute Gasteiger partial charge is 0.494 e. The van der Waals surface area contributed by atoms with Gasteiger partial charge in [-0.25, -0.2) is 0 Å². The number of amides is 1. The molecule has 0 aliphatic rings. The zero-order chi connectivity index (χ0) is 19.1. The van der Waals surface area contributed by atoms with Crippen molar-refractivity contribution in [2.24, 2.45) is 0 Å². The molecule has 1 heterocycles. The van der Waals surface area contributed by atoms with Crippen LogP contribution in [0.25, 0.3) is 5.69 Å². The molecular weight excluding hydrogens is 346 g/mol. The third kappa shape index (κ3) is 4.60. The first-order valence-corrected chi connectivity index (χ1v) is 8.72. The van der Waals surface area contributed by atoms with Gasteiger partial charge in [-0.15, -0.1) is 5.10 Å². The molecule has 2 aromatic carbocycles. The first-order chi connectivity index (χ1) is 13.2. The Balaban J connectivity index is 1.65. The lowest BCUT2D eigenvalue weighted by Gasteiger charge is -2.08. The zero-order valence-electron chi connectivity index (χ0n) is 15.3. The number of nitrogens with zero attached hydrogens (tertiary/aromatic N) is 4. The minimum Gasteiger partial charge on any atom is -0.494 e. The number of tetrazole rings is 1. The monoisotopic (exact) mass is 367 g/mol. The minimum atomic E-state index is -0.209. The fraction of sp³-hybridized carbons (Fsp3) is 0.263. The molecule has 0 aliphatic heterocycles. The van der Waals surface area contributed by atoms with E-state index in [4.69, 9.17) is 9.47 Å². The molecule has 3 aromatic rings. The maximum absolute atomic E-state index is 12.3. The molecule has 1 amide bonds. The quantitative estimate of drug-likeness (QED) is 0.657. The lowest BCUT2D eigenvalue weighted by molar-refractivity contribution is 0.0949. The summed E-state index contributed by atoms with van der Waals surface area (Å²) in [5, 5.41) is 14.5. The molecule has 1 N–H and O–H groups in total. The van der Waals surface area contributed by atoms with Crippen LogP contribution in [0.3, 0.4) is 0 Å². The molecule has 1 aromatic heterocycles. The van der Waals surface area contributed by atoms with E-state index in [1.165, 1.54) is 0 Å². The van der Waals surface area contributed by atoms with E-state index >= 15 is 0 Å². The highest BCUT2D eigenvalue weighted by Crippen LogP contribution is 2.16. The Labute approximate surface area is 157 Å². The molecule has 0 unspecified atom stereocenters. The molecule has 0 saturated carbocycles. The van der Waals surface area contributed by atoms with E-state index in [0.717, 1.165) is 17.2 Å². The molecule has 0 atom stereocenters. The van der Waals surface area contributed by atoms with Gasteiger partial charge in [0, 0.05) is 5.56 Å². The Kier molecular flexibility index (Phi) is 5.98. The second-order valence-electron chi connectivity index (χ2n) is 5.57. The van der Waals surface area contributed by atoms with Crippen molar-refractivity contribution < 1.29 is 14.3 Å². The van der Waals surface area contributed by atoms with Crippen molar-refractivity contribution >= 4 is 5.91 Å². The maximum Gasteiger partial charge on any atom is 0.251 e. The molecule has 0 saturated heterocycles.